The molecule has 4 amide bonds. The summed E-state index contributed by atoms with van der Waals surface area (Å²) in [4.78, 5) is 64.1. The van der Waals surface area contributed by atoms with Gasteiger partial charge in [0.25, 0.3) is 11.8 Å². The lowest BCUT2D eigenvalue weighted by Gasteiger charge is -2.37. The average Bonchev–Trinajstić information content (AvgIpc) is 4.05. The van der Waals surface area contributed by atoms with E-state index in [1.54, 1.807) is 27.9 Å². The number of aromatic amines is 1. The SMILES string of the molecule is CCc1nc2ccc(OC)cc2c2c1O[C@]1(CC2)C[C@H]2C(=O)N[C@]3(C(=O)NS(=O)(=O)C4(C)CC4)C[C@H]3C=CCCCCC[C@H](NC(=O)c3c(C)n[nH]c3C)C(=O)N2C1. The van der Waals surface area contributed by atoms with E-state index in [2.05, 4.69) is 25.6 Å². The van der Waals surface area contributed by atoms with E-state index in [0.717, 1.165) is 35.0 Å². The number of nitrogens with one attached hydrogen (secondary N) is 4. The van der Waals surface area contributed by atoms with E-state index in [4.69, 9.17) is 14.5 Å². The highest BCUT2D eigenvalue weighted by Gasteiger charge is 2.64. The number of amides is 4. The zero-order chi connectivity index (χ0) is 41.2. The molecule has 1 aromatic carbocycles. The summed E-state index contributed by atoms with van der Waals surface area (Å²) < 4.78 is 40.4. The van der Waals surface area contributed by atoms with Crippen LogP contribution in [0.4, 0.5) is 0 Å². The van der Waals surface area contributed by atoms with Crippen molar-refractivity contribution in [1.82, 2.24) is 35.4 Å². The van der Waals surface area contributed by atoms with Crippen molar-refractivity contribution in [2.45, 2.75) is 133 Å². The number of pyridine rings is 1. The van der Waals surface area contributed by atoms with E-state index in [9.17, 15) is 27.6 Å². The van der Waals surface area contributed by atoms with E-state index < -0.39 is 67.5 Å². The summed E-state index contributed by atoms with van der Waals surface area (Å²) in [6.07, 6.45) is 9.98. The Bertz CT molecular complexity index is 2320. The molecule has 0 radical (unpaired) electrons. The van der Waals surface area contributed by atoms with E-state index in [0.29, 0.717) is 79.8 Å². The van der Waals surface area contributed by atoms with Crippen LogP contribution in [0, 0.1) is 19.8 Å². The zero-order valence-corrected chi connectivity index (χ0v) is 34.6. The van der Waals surface area contributed by atoms with Crippen molar-refractivity contribution < 1.29 is 37.1 Å². The molecule has 3 fully saturated rings. The van der Waals surface area contributed by atoms with Crippen LogP contribution < -0.4 is 24.8 Å². The fourth-order valence-corrected chi connectivity index (χ4v) is 10.4. The molecule has 5 aliphatic rings. The van der Waals surface area contributed by atoms with Crippen molar-refractivity contribution in [3.05, 3.63) is 58.6 Å². The van der Waals surface area contributed by atoms with Gasteiger partial charge in [0.1, 0.15) is 34.7 Å². The molecule has 5 heterocycles. The van der Waals surface area contributed by atoms with Gasteiger partial charge in [-0.05, 0) is 96.8 Å². The van der Waals surface area contributed by atoms with Gasteiger partial charge in [0.2, 0.25) is 21.8 Å². The minimum atomic E-state index is -4.00. The Morgan fingerprint density at radius 1 is 1.10 bits per heavy atom. The Morgan fingerprint density at radius 2 is 1.90 bits per heavy atom. The number of nitrogens with zero attached hydrogens (tertiary/aromatic N) is 3. The van der Waals surface area contributed by atoms with Gasteiger partial charge in [-0.2, -0.15) is 5.10 Å². The molecular weight excluding hydrogens is 763 g/mol. The fraction of sp³-hybridized carbons (Fsp3) is 0.571. The second-order valence-corrected chi connectivity index (χ2v) is 19.3. The van der Waals surface area contributed by atoms with E-state index >= 15 is 0 Å². The molecule has 310 valence electrons. The number of allylic oxidation sites excluding steroid dienone is 1. The monoisotopic (exact) mass is 815 g/mol. The first kappa shape index (κ1) is 39.8. The van der Waals surface area contributed by atoms with Crippen LogP contribution in [0.1, 0.15) is 111 Å². The number of fused-ring (bicyclic) bond motifs is 5. The number of aryl methyl sites for hydroxylation is 4. The van der Waals surface area contributed by atoms with Crippen molar-refractivity contribution in [3.8, 4) is 11.5 Å². The molecule has 4 N–H and O–H groups in total. The van der Waals surface area contributed by atoms with Crippen LogP contribution in [0.2, 0.25) is 0 Å². The standard InChI is InChI=1S/C42H53N7O8S/c1-6-30-35-28(29-20-27(56-5)14-15-31(29)43-30)16-17-41(57-35)22-33-36(50)45-42(39(53)48-58(54,55)40(4)18-19-40)21-26(42)12-10-8-7-9-11-13-32(38(52)49(33)23-41)44-37(51)34-24(2)46-47-25(34)3/h10,12,14-15,20,26,32-33H,6-9,11,13,16-19,21-23H2,1-5H3,(H,44,51)(H,45,50)(H,46,47)(H,48,53)/t26-,32+,33+,41-,42-/m1/s1. The Kier molecular flexibility index (Phi) is 10.1. The third-order valence-corrected chi connectivity index (χ3v) is 15.2. The predicted octanol–water partition coefficient (Wildman–Crippen LogP) is 4.00. The van der Waals surface area contributed by atoms with Gasteiger partial charge in [0, 0.05) is 29.0 Å². The van der Waals surface area contributed by atoms with Crippen molar-refractivity contribution in [3.63, 3.8) is 0 Å². The van der Waals surface area contributed by atoms with Crippen LogP contribution >= 0.6 is 0 Å². The average molecular weight is 816 g/mol. The number of carbonyl (C=O) groups is 4. The highest BCUT2D eigenvalue weighted by molar-refractivity contribution is 7.91. The summed E-state index contributed by atoms with van der Waals surface area (Å²) in [6, 6.07) is 3.68. The first-order valence-electron chi connectivity index (χ1n) is 20.5. The third kappa shape index (κ3) is 7.00. The number of hydrogen-bond acceptors (Lipinski definition) is 10. The molecule has 0 bridgehead atoms. The number of rotatable bonds is 7. The summed E-state index contributed by atoms with van der Waals surface area (Å²) in [5.41, 5.74) is 1.49. The van der Waals surface area contributed by atoms with Crippen molar-refractivity contribution >= 4 is 44.6 Å². The van der Waals surface area contributed by atoms with Gasteiger partial charge in [0.05, 0.1) is 40.9 Å². The van der Waals surface area contributed by atoms with Crippen LogP contribution in [0.3, 0.4) is 0 Å². The Hall–Kier alpha value is -4.99. The van der Waals surface area contributed by atoms with Gasteiger partial charge in [-0.3, -0.25) is 29.0 Å². The Balaban J connectivity index is 1.16. The first-order valence-corrected chi connectivity index (χ1v) is 22.0. The number of aromatic nitrogens is 3. The summed E-state index contributed by atoms with van der Waals surface area (Å²) >= 11 is 0. The van der Waals surface area contributed by atoms with E-state index in [-0.39, 0.29) is 19.4 Å². The topological polar surface area (TPSA) is 202 Å². The summed E-state index contributed by atoms with van der Waals surface area (Å²) in [6.45, 7) is 7.12. The molecule has 5 atom stereocenters. The summed E-state index contributed by atoms with van der Waals surface area (Å²) in [7, 11) is -2.38. The lowest BCUT2D eigenvalue weighted by molar-refractivity contribution is -0.141. The highest BCUT2D eigenvalue weighted by Crippen LogP contribution is 2.49. The van der Waals surface area contributed by atoms with Crippen LogP contribution in [-0.4, -0.2) is 93.8 Å². The molecule has 0 unspecified atom stereocenters. The second kappa shape index (κ2) is 14.7. The van der Waals surface area contributed by atoms with Crippen LogP contribution in [0.15, 0.2) is 30.4 Å². The number of ether oxygens (including phenoxy) is 2. The van der Waals surface area contributed by atoms with Crippen LogP contribution in [-0.2, 0) is 37.2 Å². The first-order chi connectivity index (χ1) is 27.6. The number of methoxy groups -OCH3 is 1. The zero-order valence-electron chi connectivity index (χ0n) is 33.8. The molecule has 1 spiro atoms. The molecule has 16 heteroatoms. The van der Waals surface area contributed by atoms with E-state index in [1.807, 2.05) is 37.3 Å². The summed E-state index contributed by atoms with van der Waals surface area (Å²) in [5.74, 6) is -1.35. The van der Waals surface area contributed by atoms with Crippen molar-refractivity contribution in [2.24, 2.45) is 5.92 Å². The van der Waals surface area contributed by atoms with Crippen molar-refractivity contribution in [2.75, 3.05) is 13.7 Å². The molecule has 2 aromatic heterocycles. The number of benzene rings is 1. The van der Waals surface area contributed by atoms with E-state index in [1.165, 1.54) is 4.90 Å². The molecule has 58 heavy (non-hydrogen) atoms. The predicted molar refractivity (Wildman–Crippen MR) is 215 cm³/mol. The molecule has 3 aromatic rings. The maximum Gasteiger partial charge on any atom is 0.259 e. The van der Waals surface area contributed by atoms with Gasteiger partial charge in [0.15, 0.2) is 0 Å². The van der Waals surface area contributed by atoms with Crippen LogP contribution in [0.25, 0.3) is 10.9 Å². The normalized spacial score (nSPS) is 27.9. The molecule has 2 aliphatic carbocycles. The third-order valence-electron chi connectivity index (χ3n) is 13.1. The Morgan fingerprint density at radius 3 is 2.60 bits per heavy atom. The highest BCUT2D eigenvalue weighted by atomic mass is 32.2. The number of H-pyrrole nitrogens is 1. The minimum Gasteiger partial charge on any atom is -0.497 e. The molecule has 8 rings (SSSR count). The number of hydrogen-bond donors (Lipinski definition) is 4. The molecule has 1 saturated heterocycles. The molecule has 15 nitrogen and oxygen atoms in total. The van der Waals surface area contributed by atoms with Gasteiger partial charge < -0.3 is 25.0 Å². The summed E-state index contributed by atoms with van der Waals surface area (Å²) in [5, 5.41) is 13.9. The molecule has 3 aliphatic heterocycles. The lowest BCUT2D eigenvalue weighted by Crippen LogP contribution is -2.58. The second-order valence-electron chi connectivity index (χ2n) is 17.1. The largest absolute Gasteiger partial charge is 0.497 e. The Labute approximate surface area is 338 Å². The molecular formula is C42H53N7O8S. The van der Waals surface area contributed by atoms with Crippen LogP contribution in [0.5, 0.6) is 11.5 Å². The fourth-order valence-electron chi connectivity index (χ4n) is 9.06. The number of sulfonamides is 1. The maximum absolute atomic E-state index is 15.0. The maximum atomic E-state index is 15.0. The molecule has 2 saturated carbocycles. The van der Waals surface area contributed by atoms with Gasteiger partial charge >= 0.3 is 0 Å². The van der Waals surface area contributed by atoms with Gasteiger partial charge in [-0.15, -0.1) is 0 Å². The van der Waals surface area contributed by atoms with Crippen molar-refractivity contribution in [1.29, 1.82) is 0 Å². The number of carbonyl (C=O) groups excluding carboxylic acids is 4. The quantitative estimate of drug-likeness (QED) is 0.253. The van der Waals surface area contributed by atoms with Gasteiger partial charge in [-0.1, -0.05) is 31.9 Å². The van der Waals surface area contributed by atoms with Gasteiger partial charge in [-0.25, -0.2) is 13.4 Å². The lowest BCUT2D eigenvalue weighted by atomic mass is 9.87. The smallest absolute Gasteiger partial charge is 0.259 e. The minimum absolute atomic E-state index is 0.0497.